The normalized spacial score (nSPS) is 17.6. The molecule has 0 radical (unpaired) electrons. The first-order chi connectivity index (χ1) is 9.69. The van der Waals surface area contributed by atoms with Crippen LogP contribution >= 0.6 is 0 Å². The van der Waals surface area contributed by atoms with Crippen LogP contribution in [0.3, 0.4) is 0 Å². The summed E-state index contributed by atoms with van der Waals surface area (Å²) in [5, 5.41) is 12.3. The Morgan fingerprint density at radius 2 is 1.85 bits per heavy atom. The minimum absolute atomic E-state index is 0.0670. The van der Waals surface area contributed by atoms with Crippen LogP contribution in [0.1, 0.15) is 24.8 Å². The number of carbonyl (C=O) groups excluding carboxylic acids is 1. The molecule has 1 fully saturated rings. The summed E-state index contributed by atoms with van der Waals surface area (Å²) in [6, 6.07) is 11.5. The standard InChI is InChI=1S/C17H16O3/c1-20-14-8-7-11-9-13(6-5-12(11)10-14)17(19)15-3-2-4-16(15)18/h5-10,19H,2-4H2,1H3/b17-15+. The van der Waals surface area contributed by atoms with Gasteiger partial charge >= 0.3 is 0 Å². The summed E-state index contributed by atoms with van der Waals surface area (Å²) in [6.07, 6.45) is 2.05. The van der Waals surface area contributed by atoms with Gasteiger partial charge in [0.1, 0.15) is 11.5 Å². The van der Waals surface area contributed by atoms with Crippen molar-refractivity contribution in [2.24, 2.45) is 0 Å². The van der Waals surface area contributed by atoms with Gasteiger partial charge in [-0.15, -0.1) is 0 Å². The molecule has 1 saturated carbocycles. The van der Waals surface area contributed by atoms with Crippen molar-refractivity contribution >= 4 is 22.3 Å². The predicted octanol–water partition coefficient (Wildman–Crippen LogP) is 3.87. The van der Waals surface area contributed by atoms with Gasteiger partial charge in [-0.25, -0.2) is 0 Å². The highest BCUT2D eigenvalue weighted by atomic mass is 16.5. The molecule has 0 spiro atoms. The molecule has 3 heteroatoms. The maximum atomic E-state index is 11.7. The lowest BCUT2D eigenvalue weighted by Gasteiger charge is -2.07. The number of ketones is 1. The van der Waals surface area contributed by atoms with E-state index in [1.54, 1.807) is 7.11 Å². The second kappa shape index (κ2) is 5.00. The molecule has 0 saturated heterocycles. The smallest absolute Gasteiger partial charge is 0.162 e. The molecule has 0 aliphatic heterocycles. The van der Waals surface area contributed by atoms with Crippen molar-refractivity contribution in [3.05, 3.63) is 47.5 Å². The van der Waals surface area contributed by atoms with Crippen LogP contribution in [-0.2, 0) is 4.79 Å². The average Bonchev–Trinajstić information content (AvgIpc) is 2.91. The topological polar surface area (TPSA) is 46.5 Å². The summed E-state index contributed by atoms with van der Waals surface area (Å²) in [5.41, 5.74) is 1.27. The lowest BCUT2D eigenvalue weighted by molar-refractivity contribution is -0.114. The van der Waals surface area contributed by atoms with Gasteiger partial charge in [0.15, 0.2) is 5.78 Å². The van der Waals surface area contributed by atoms with Crippen molar-refractivity contribution in [3.8, 4) is 5.75 Å². The van der Waals surface area contributed by atoms with Crippen LogP contribution < -0.4 is 4.74 Å². The Morgan fingerprint density at radius 1 is 1.10 bits per heavy atom. The minimum Gasteiger partial charge on any atom is -0.507 e. The Labute approximate surface area is 117 Å². The molecular weight excluding hydrogens is 252 g/mol. The number of benzene rings is 2. The fraction of sp³-hybridized carbons (Fsp3) is 0.235. The van der Waals surface area contributed by atoms with Crippen molar-refractivity contribution in [2.75, 3.05) is 7.11 Å². The Balaban J connectivity index is 2.07. The first-order valence-electron chi connectivity index (χ1n) is 6.72. The molecule has 0 heterocycles. The van der Waals surface area contributed by atoms with Crippen LogP contribution in [0.25, 0.3) is 16.5 Å². The molecule has 1 N–H and O–H groups in total. The maximum absolute atomic E-state index is 11.7. The number of ether oxygens (including phenoxy) is 1. The molecular formula is C17H16O3. The fourth-order valence-electron chi connectivity index (χ4n) is 2.64. The minimum atomic E-state index is 0.0670. The van der Waals surface area contributed by atoms with E-state index in [0.717, 1.165) is 22.9 Å². The van der Waals surface area contributed by atoms with E-state index in [2.05, 4.69) is 0 Å². The van der Waals surface area contributed by atoms with Gasteiger partial charge in [-0.1, -0.05) is 18.2 Å². The van der Waals surface area contributed by atoms with Gasteiger partial charge in [0.2, 0.25) is 0 Å². The molecule has 1 aliphatic carbocycles. The third kappa shape index (κ3) is 2.16. The third-order valence-electron chi connectivity index (χ3n) is 3.77. The molecule has 2 aromatic carbocycles. The van der Waals surface area contributed by atoms with Crippen molar-refractivity contribution in [3.63, 3.8) is 0 Å². The number of fused-ring (bicyclic) bond motifs is 1. The van der Waals surface area contributed by atoms with Crippen molar-refractivity contribution < 1.29 is 14.6 Å². The largest absolute Gasteiger partial charge is 0.507 e. The highest BCUT2D eigenvalue weighted by Crippen LogP contribution is 2.30. The molecule has 0 atom stereocenters. The number of hydrogen-bond donors (Lipinski definition) is 1. The Bertz CT molecular complexity index is 713. The summed E-state index contributed by atoms with van der Waals surface area (Å²) in [4.78, 5) is 11.7. The highest BCUT2D eigenvalue weighted by Gasteiger charge is 2.22. The molecule has 0 aromatic heterocycles. The molecule has 0 amide bonds. The number of Topliss-reactive ketones (excluding diaryl/α,β-unsaturated/α-hetero) is 1. The Kier molecular flexibility index (Phi) is 3.18. The highest BCUT2D eigenvalue weighted by molar-refractivity contribution is 6.03. The van der Waals surface area contributed by atoms with Crippen molar-refractivity contribution in [1.82, 2.24) is 0 Å². The van der Waals surface area contributed by atoms with E-state index in [-0.39, 0.29) is 11.5 Å². The van der Waals surface area contributed by atoms with E-state index in [1.807, 2.05) is 36.4 Å². The van der Waals surface area contributed by atoms with Crippen molar-refractivity contribution in [2.45, 2.75) is 19.3 Å². The molecule has 0 unspecified atom stereocenters. The van der Waals surface area contributed by atoms with Gasteiger partial charge in [-0.05, 0) is 41.8 Å². The summed E-state index contributed by atoms with van der Waals surface area (Å²) >= 11 is 0. The fourth-order valence-corrected chi connectivity index (χ4v) is 2.64. The van der Waals surface area contributed by atoms with Gasteiger partial charge < -0.3 is 9.84 Å². The summed E-state index contributed by atoms with van der Waals surface area (Å²) < 4.78 is 5.19. The number of aliphatic hydroxyl groups is 1. The zero-order valence-corrected chi connectivity index (χ0v) is 11.3. The monoisotopic (exact) mass is 268 g/mol. The number of hydrogen-bond acceptors (Lipinski definition) is 3. The lowest BCUT2D eigenvalue weighted by atomic mass is 10.0. The van der Waals surface area contributed by atoms with Gasteiger partial charge in [-0.2, -0.15) is 0 Å². The first-order valence-corrected chi connectivity index (χ1v) is 6.72. The van der Waals surface area contributed by atoms with Gasteiger partial charge in [0, 0.05) is 17.6 Å². The summed E-state index contributed by atoms with van der Waals surface area (Å²) in [6.45, 7) is 0. The van der Waals surface area contributed by atoms with Crippen LogP contribution in [0, 0.1) is 0 Å². The van der Waals surface area contributed by atoms with Gasteiger partial charge in [0.05, 0.1) is 7.11 Å². The molecule has 20 heavy (non-hydrogen) atoms. The summed E-state index contributed by atoms with van der Waals surface area (Å²) in [5.74, 6) is 1.00. The quantitative estimate of drug-likeness (QED) is 0.664. The third-order valence-corrected chi connectivity index (χ3v) is 3.77. The predicted molar refractivity (Wildman–Crippen MR) is 78.9 cm³/mol. The van der Waals surface area contributed by atoms with Crippen LogP contribution in [0.5, 0.6) is 5.75 Å². The number of carbonyl (C=O) groups is 1. The zero-order valence-electron chi connectivity index (χ0n) is 11.3. The second-order valence-corrected chi connectivity index (χ2v) is 5.03. The van der Waals surface area contributed by atoms with Crippen LogP contribution in [0.2, 0.25) is 0 Å². The molecule has 3 nitrogen and oxygen atoms in total. The number of aliphatic hydroxyl groups excluding tert-OH is 1. The van der Waals surface area contributed by atoms with E-state index in [4.69, 9.17) is 4.74 Å². The number of allylic oxidation sites excluding steroid dienone is 1. The Hall–Kier alpha value is -2.29. The molecule has 102 valence electrons. The Morgan fingerprint density at radius 3 is 2.55 bits per heavy atom. The average molecular weight is 268 g/mol. The van der Waals surface area contributed by atoms with Gasteiger partial charge in [0.25, 0.3) is 0 Å². The number of rotatable bonds is 2. The van der Waals surface area contributed by atoms with E-state index >= 15 is 0 Å². The maximum Gasteiger partial charge on any atom is 0.162 e. The summed E-state index contributed by atoms with van der Waals surface area (Å²) in [7, 11) is 1.64. The van der Waals surface area contributed by atoms with Crippen LogP contribution in [-0.4, -0.2) is 18.0 Å². The first kappa shape index (κ1) is 12.7. The zero-order chi connectivity index (χ0) is 14.1. The molecule has 3 rings (SSSR count). The molecule has 2 aromatic rings. The van der Waals surface area contributed by atoms with E-state index in [9.17, 15) is 9.90 Å². The number of methoxy groups -OCH3 is 1. The van der Waals surface area contributed by atoms with Crippen LogP contribution in [0.15, 0.2) is 42.0 Å². The van der Waals surface area contributed by atoms with E-state index in [0.29, 0.717) is 24.0 Å². The van der Waals surface area contributed by atoms with E-state index < -0.39 is 0 Å². The van der Waals surface area contributed by atoms with Gasteiger partial charge in [-0.3, -0.25) is 4.79 Å². The second-order valence-electron chi connectivity index (χ2n) is 5.03. The molecule has 1 aliphatic rings. The van der Waals surface area contributed by atoms with Crippen molar-refractivity contribution in [1.29, 1.82) is 0 Å². The lowest BCUT2D eigenvalue weighted by Crippen LogP contribution is -1.97. The van der Waals surface area contributed by atoms with E-state index in [1.165, 1.54) is 0 Å². The van der Waals surface area contributed by atoms with Crippen LogP contribution in [0.4, 0.5) is 0 Å². The molecule has 0 bridgehead atoms. The SMILES string of the molecule is COc1ccc2cc(/C(O)=C3/CCCC3=O)ccc2c1.